The maximum atomic E-state index is 13.8. The highest BCUT2D eigenvalue weighted by Crippen LogP contribution is 2.40. The summed E-state index contributed by atoms with van der Waals surface area (Å²) in [4.78, 5) is 12.8. The van der Waals surface area contributed by atoms with E-state index in [2.05, 4.69) is 5.32 Å². The summed E-state index contributed by atoms with van der Waals surface area (Å²) in [5.41, 5.74) is 2.24. The molecular weight excluding hydrogens is 349 g/mol. The lowest BCUT2D eigenvalue weighted by molar-refractivity contribution is 0.210. The summed E-state index contributed by atoms with van der Waals surface area (Å²) in [6.07, 6.45) is 0. The standard InChI is InChI=1S/C21H18FNO4/c1-12-5-3-8-15-18(12)27-21(24)17-16(13-6-4-7-14(22)11-13)20(26-19(15)17)23-9-10-25-2/h3-8,11,23H,9-10H2,1-2H3. The molecule has 2 aromatic heterocycles. The lowest BCUT2D eigenvalue weighted by Crippen LogP contribution is -2.08. The van der Waals surface area contributed by atoms with E-state index in [1.54, 1.807) is 19.2 Å². The van der Waals surface area contributed by atoms with Gasteiger partial charge in [-0.15, -0.1) is 0 Å². The van der Waals surface area contributed by atoms with Crippen molar-refractivity contribution in [2.75, 3.05) is 25.6 Å². The molecule has 0 saturated carbocycles. The molecule has 0 radical (unpaired) electrons. The van der Waals surface area contributed by atoms with Crippen LogP contribution in [0.25, 0.3) is 33.1 Å². The minimum absolute atomic E-state index is 0.290. The second kappa shape index (κ2) is 6.89. The first kappa shape index (κ1) is 17.3. The van der Waals surface area contributed by atoms with E-state index in [0.29, 0.717) is 52.1 Å². The van der Waals surface area contributed by atoms with E-state index in [0.717, 1.165) is 5.56 Å². The summed E-state index contributed by atoms with van der Waals surface area (Å²) in [7, 11) is 1.60. The van der Waals surface area contributed by atoms with Crippen LogP contribution >= 0.6 is 0 Å². The number of furan rings is 1. The van der Waals surface area contributed by atoms with Crippen molar-refractivity contribution >= 4 is 27.8 Å². The zero-order valence-corrected chi connectivity index (χ0v) is 15.0. The predicted molar refractivity (Wildman–Crippen MR) is 103 cm³/mol. The summed E-state index contributed by atoms with van der Waals surface area (Å²) >= 11 is 0. The van der Waals surface area contributed by atoms with Crippen LogP contribution in [-0.4, -0.2) is 20.3 Å². The first-order chi connectivity index (χ1) is 13.1. The number of fused-ring (bicyclic) bond motifs is 3. The Morgan fingerprint density at radius 1 is 1.11 bits per heavy atom. The molecule has 27 heavy (non-hydrogen) atoms. The summed E-state index contributed by atoms with van der Waals surface area (Å²) in [6.45, 7) is 2.79. The van der Waals surface area contributed by atoms with Crippen molar-refractivity contribution in [3.8, 4) is 11.1 Å². The number of anilines is 1. The molecule has 1 N–H and O–H groups in total. The molecule has 2 heterocycles. The zero-order chi connectivity index (χ0) is 19.0. The van der Waals surface area contributed by atoms with Gasteiger partial charge in [-0.25, -0.2) is 9.18 Å². The molecule has 6 heteroatoms. The molecule has 2 aromatic carbocycles. The number of rotatable bonds is 5. The summed E-state index contributed by atoms with van der Waals surface area (Å²) in [5.74, 6) is -0.0142. The van der Waals surface area contributed by atoms with E-state index in [1.807, 2.05) is 25.1 Å². The fourth-order valence-electron chi connectivity index (χ4n) is 3.24. The molecule has 138 valence electrons. The summed E-state index contributed by atoms with van der Waals surface area (Å²) in [6, 6.07) is 11.6. The van der Waals surface area contributed by atoms with Crippen LogP contribution in [0.3, 0.4) is 0 Å². The Morgan fingerprint density at radius 2 is 1.93 bits per heavy atom. The lowest BCUT2D eigenvalue weighted by Gasteiger charge is -2.06. The number of benzene rings is 2. The van der Waals surface area contributed by atoms with Crippen molar-refractivity contribution in [3.05, 3.63) is 64.3 Å². The van der Waals surface area contributed by atoms with Gasteiger partial charge in [0.15, 0.2) is 5.58 Å². The van der Waals surface area contributed by atoms with E-state index in [1.165, 1.54) is 12.1 Å². The van der Waals surface area contributed by atoms with Gasteiger partial charge in [-0.1, -0.05) is 24.3 Å². The van der Waals surface area contributed by atoms with Gasteiger partial charge in [-0.05, 0) is 36.2 Å². The van der Waals surface area contributed by atoms with Crippen molar-refractivity contribution < 1.29 is 18.0 Å². The number of hydrogen-bond acceptors (Lipinski definition) is 5. The molecule has 0 aliphatic carbocycles. The topological polar surface area (TPSA) is 64.6 Å². The Balaban J connectivity index is 2.06. The predicted octanol–water partition coefficient (Wildman–Crippen LogP) is 4.71. The molecule has 0 aliphatic rings. The molecule has 0 unspecified atom stereocenters. The number of nitrogens with one attached hydrogen (secondary N) is 1. The van der Waals surface area contributed by atoms with Gasteiger partial charge in [0.25, 0.3) is 0 Å². The normalized spacial score (nSPS) is 11.4. The Hall–Kier alpha value is -3.12. The molecule has 0 aliphatic heterocycles. The third-order valence-electron chi connectivity index (χ3n) is 4.47. The molecule has 4 aromatic rings. The number of para-hydroxylation sites is 1. The number of methoxy groups -OCH3 is 1. The maximum Gasteiger partial charge on any atom is 0.348 e. The van der Waals surface area contributed by atoms with Crippen LogP contribution in [0, 0.1) is 12.7 Å². The quantitative estimate of drug-likeness (QED) is 0.409. The van der Waals surface area contributed by atoms with Gasteiger partial charge in [0.1, 0.15) is 16.8 Å². The number of aryl methyl sites for hydroxylation is 1. The smallest absolute Gasteiger partial charge is 0.348 e. The minimum Gasteiger partial charge on any atom is -0.439 e. The highest BCUT2D eigenvalue weighted by atomic mass is 19.1. The highest BCUT2D eigenvalue weighted by Gasteiger charge is 2.23. The molecule has 0 spiro atoms. The first-order valence-electron chi connectivity index (χ1n) is 8.58. The summed E-state index contributed by atoms with van der Waals surface area (Å²) < 4.78 is 30.5. The van der Waals surface area contributed by atoms with Crippen LogP contribution in [-0.2, 0) is 4.74 Å². The molecule has 0 fully saturated rings. The molecule has 5 nitrogen and oxygen atoms in total. The molecule has 0 bridgehead atoms. The van der Waals surface area contributed by atoms with E-state index >= 15 is 0 Å². The first-order valence-corrected chi connectivity index (χ1v) is 8.58. The highest BCUT2D eigenvalue weighted by molar-refractivity contribution is 6.10. The fraction of sp³-hybridized carbons (Fsp3) is 0.190. The van der Waals surface area contributed by atoms with Gasteiger partial charge in [-0.2, -0.15) is 0 Å². The number of hydrogen-bond donors (Lipinski definition) is 1. The van der Waals surface area contributed by atoms with Crippen molar-refractivity contribution in [1.29, 1.82) is 0 Å². The number of ether oxygens (including phenoxy) is 1. The van der Waals surface area contributed by atoms with Crippen LogP contribution in [0.15, 0.2) is 56.1 Å². The van der Waals surface area contributed by atoms with Crippen molar-refractivity contribution in [1.82, 2.24) is 0 Å². The molecular formula is C21H18FNO4. The Bertz CT molecular complexity index is 1190. The van der Waals surface area contributed by atoms with Crippen molar-refractivity contribution in [2.24, 2.45) is 0 Å². The van der Waals surface area contributed by atoms with Crippen LogP contribution in [0.4, 0.5) is 10.3 Å². The molecule has 0 saturated heterocycles. The molecule has 4 rings (SSSR count). The van der Waals surface area contributed by atoms with Gasteiger partial charge in [0.2, 0.25) is 5.88 Å². The van der Waals surface area contributed by atoms with Gasteiger partial charge < -0.3 is 18.9 Å². The Labute approximate surface area is 154 Å². The fourth-order valence-corrected chi connectivity index (χ4v) is 3.24. The van der Waals surface area contributed by atoms with Crippen LogP contribution in [0.5, 0.6) is 0 Å². The van der Waals surface area contributed by atoms with E-state index in [4.69, 9.17) is 13.6 Å². The largest absolute Gasteiger partial charge is 0.439 e. The third kappa shape index (κ3) is 2.98. The molecule has 0 amide bonds. The van der Waals surface area contributed by atoms with E-state index in [-0.39, 0.29) is 0 Å². The maximum absolute atomic E-state index is 13.8. The van der Waals surface area contributed by atoms with E-state index in [9.17, 15) is 9.18 Å². The SMILES string of the molecule is COCCNc1oc2c(c1-c1cccc(F)c1)c(=O)oc1c(C)cccc12. The van der Waals surface area contributed by atoms with Crippen LogP contribution in [0.2, 0.25) is 0 Å². The minimum atomic E-state index is -0.519. The zero-order valence-electron chi connectivity index (χ0n) is 15.0. The lowest BCUT2D eigenvalue weighted by atomic mass is 10.0. The van der Waals surface area contributed by atoms with Crippen molar-refractivity contribution in [2.45, 2.75) is 6.92 Å². The van der Waals surface area contributed by atoms with Crippen molar-refractivity contribution in [3.63, 3.8) is 0 Å². The second-order valence-corrected chi connectivity index (χ2v) is 6.28. The Morgan fingerprint density at radius 3 is 2.70 bits per heavy atom. The van der Waals surface area contributed by atoms with Gasteiger partial charge in [0.05, 0.1) is 17.6 Å². The van der Waals surface area contributed by atoms with Gasteiger partial charge in [-0.3, -0.25) is 0 Å². The average Bonchev–Trinajstić information content (AvgIpc) is 3.03. The molecule has 0 atom stereocenters. The monoisotopic (exact) mass is 367 g/mol. The average molecular weight is 367 g/mol. The van der Waals surface area contributed by atoms with Crippen LogP contribution in [0.1, 0.15) is 5.56 Å². The third-order valence-corrected chi connectivity index (χ3v) is 4.47. The van der Waals surface area contributed by atoms with Gasteiger partial charge >= 0.3 is 5.63 Å². The summed E-state index contributed by atoms with van der Waals surface area (Å²) in [5, 5.41) is 4.12. The van der Waals surface area contributed by atoms with Gasteiger partial charge in [0, 0.05) is 13.7 Å². The number of halogens is 1. The van der Waals surface area contributed by atoms with Crippen LogP contribution < -0.4 is 10.9 Å². The Kier molecular flexibility index (Phi) is 4.41. The van der Waals surface area contributed by atoms with E-state index < -0.39 is 11.4 Å². The second-order valence-electron chi connectivity index (χ2n) is 6.28.